The molecule has 3 nitrogen and oxygen atoms in total. The number of fused-ring (bicyclic) bond motifs is 1. The summed E-state index contributed by atoms with van der Waals surface area (Å²) >= 11 is 0. The molecule has 2 N–H and O–H groups in total. The van der Waals surface area contributed by atoms with Gasteiger partial charge < -0.3 is 15.4 Å². The van der Waals surface area contributed by atoms with Crippen molar-refractivity contribution in [2.45, 2.75) is 32.3 Å². The number of benzene rings is 2. The molecule has 23 heavy (non-hydrogen) atoms. The Balaban J connectivity index is 1.58. The maximum absolute atomic E-state index is 6.15. The third kappa shape index (κ3) is 4.26. The third-order valence-corrected chi connectivity index (χ3v) is 4.26. The standard InChI is InChI=1S/C20H26N2O/c1-2-3-12-21-13-11-16-9-10-19-18(14-16)22-15-20(23-19)17-7-5-4-6-8-17/h4-10,14,20-22H,2-3,11-13,15H2,1H3. The van der Waals surface area contributed by atoms with Crippen molar-refractivity contribution in [1.29, 1.82) is 0 Å². The van der Waals surface area contributed by atoms with E-state index in [1.807, 2.05) is 6.07 Å². The Morgan fingerprint density at radius 1 is 1.13 bits per heavy atom. The summed E-state index contributed by atoms with van der Waals surface area (Å²) in [4.78, 5) is 0. The van der Waals surface area contributed by atoms with Crippen LogP contribution >= 0.6 is 0 Å². The van der Waals surface area contributed by atoms with E-state index >= 15 is 0 Å². The van der Waals surface area contributed by atoms with Crippen LogP contribution < -0.4 is 15.4 Å². The van der Waals surface area contributed by atoms with Gasteiger partial charge >= 0.3 is 0 Å². The molecule has 0 saturated heterocycles. The number of nitrogens with one attached hydrogen (secondary N) is 2. The van der Waals surface area contributed by atoms with Gasteiger partial charge in [0.15, 0.2) is 0 Å². The lowest BCUT2D eigenvalue weighted by Gasteiger charge is -2.28. The summed E-state index contributed by atoms with van der Waals surface area (Å²) in [5.74, 6) is 0.952. The summed E-state index contributed by atoms with van der Waals surface area (Å²) < 4.78 is 6.15. The Kier molecular flexibility index (Phi) is 5.54. The first-order chi connectivity index (χ1) is 11.4. The number of hydrogen-bond donors (Lipinski definition) is 2. The van der Waals surface area contributed by atoms with Crippen LogP contribution in [0.3, 0.4) is 0 Å². The molecule has 1 atom stereocenters. The van der Waals surface area contributed by atoms with Gasteiger partial charge in [-0.3, -0.25) is 0 Å². The van der Waals surface area contributed by atoms with Crippen LogP contribution in [-0.2, 0) is 6.42 Å². The van der Waals surface area contributed by atoms with Crippen LogP contribution in [0.1, 0.15) is 37.0 Å². The highest BCUT2D eigenvalue weighted by Crippen LogP contribution is 2.34. The lowest BCUT2D eigenvalue weighted by Crippen LogP contribution is -2.24. The highest BCUT2D eigenvalue weighted by molar-refractivity contribution is 5.60. The van der Waals surface area contributed by atoms with Crippen molar-refractivity contribution >= 4 is 5.69 Å². The molecule has 3 heteroatoms. The molecule has 0 fully saturated rings. The highest BCUT2D eigenvalue weighted by atomic mass is 16.5. The maximum atomic E-state index is 6.15. The van der Waals surface area contributed by atoms with E-state index in [4.69, 9.17) is 4.74 Å². The predicted molar refractivity (Wildman–Crippen MR) is 96.2 cm³/mol. The lowest BCUT2D eigenvalue weighted by atomic mass is 10.1. The second-order valence-electron chi connectivity index (χ2n) is 6.08. The number of anilines is 1. The van der Waals surface area contributed by atoms with E-state index < -0.39 is 0 Å². The van der Waals surface area contributed by atoms with Gasteiger partial charge in [0.25, 0.3) is 0 Å². The first kappa shape index (κ1) is 15.9. The maximum Gasteiger partial charge on any atom is 0.143 e. The van der Waals surface area contributed by atoms with Gasteiger partial charge in [-0.05, 0) is 49.2 Å². The molecule has 0 radical (unpaired) electrons. The molecule has 1 unspecified atom stereocenters. The number of hydrogen-bond acceptors (Lipinski definition) is 3. The minimum Gasteiger partial charge on any atom is -0.482 e. The Hall–Kier alpha value is -2.00. The zero-order valence-electron chi connectivity index (χ0n) is 13.8. The van der Waals surface area contributed by atoms with E-state index in [1.54, 1.807) is 0 Å². The topological polar surface area (TPSA) is 33.3 Å². The average molecular weight is 310 g/mol. The summed E-state index contributed by atoms with van der Waals surface area (Å²) in [6.45, 7) is 5.18. The minimum atomic E-state index is 0.0882. The van der Waals surface area contributed by atoms with Gasteiger partial charge in [-0.25, -0.2) is 0 Å². The molecule has 0 bridgehead atoms. The molecular formula is C20H26N2O. The van der Waals surface area contributed by atoms with Crippen molar-refractivity contribution in [2.75, 3.05) is 25.0 Å². The van der Waals surface area contributed by atoms with E-state index in [0.29, 0.717) is 0 Å². The van der Waals surface area contributed by atoms with E-state index in [-0.39, 0.29) is 6.10 Å². The van der Waals surface area contributed by atoms with Crippen molar-refractivity contribution in [3.8, 4) is 5.75 Å². The Morgan fingerprint density at radius 2 is 2.00 bits per heavy atom. The van der Waals surface area contributed by atoms with Crippen molar-refractivity contribution in [2.24, 2.45) is 0 Å². The van der Waals surface area contributed by atoms with Crippen LogP contribution in [0.15, 0.2) is 48.5 Å². The zero-order chi connectivity index (χ0) is 15.9. The van der Waals surface area contributed by atoms with Gasteiger partial charge in [0.2, 0.25) is 0 Å². The van der Waals surface area contributed by atoms with Gasteiger partial charge in [-0.1, -0.05) is 49.7 Å². The SMILES string of the molecule is CCCCNCCc1ccc2c(c1)NCC(c1ccccc1)O2. The fourth-order valence-corrected chi connectivity index (χ4v) is 2.88. The van der Waals surface area contributed by atoms with Crippen molar-refractivity contribution in [3.05, 3.63) is 59.7 Å². The molecule has 0 amide bonds. The smallest absolute Gasteiger partial charge is 0.143 e. The van der Waals surface area contributed by atoms with Gasteiger partial charge in [0.1, 0.15) is 11.9 Å². The van der Waals surface area contributed by atoms with E-state index in [0.717, 1.165) is 37.5 Å². The molecule has 1 aliphatic heterocycles. The summed E-state index contributed by atoms with van der Waals surface area (Å²) in [5.41, 5.74) is 3.68. The van der Waals surface area contributed by atoms with Crippen molar-refractivity contribution in [3.63, 3.8) is 0 Å². The molecule has 0 aliphatic carbocycles. The summed E-state index contributed by atoms with van der Waals surface area (Å²) in [6, 6.07) is 16.9. The summed E-state index contributed by atoms with van der Waals surface area (Å²) in [5, 5.41) is 7.01. The molecule has 2 aromatic rings. The van der Waals surface area contributed by atoms with Gasteiger partial charge in [0.05, 0.1) is 12.2 Å². The van der Waals surface area contributed by atoms with Crippen LogP contribution in [0, 0.1) is 0 Å². The fourth-order valence-electron chi connectivity index (χ4n) is 2.88. The molecule has 0 spiro atoms. The van der Waals surface area contributed by atoms with Crippen molar-refractivity contribution in [1.82, 2.24) is 5.32 Å². The van der Waals surface area contributed by atoms with Crippen molar-refractivity contribution < 1.29 is 4.74 Å². The van der Waals surface area contributed by atoms with E-state index in [2.05, 4.69) is 60.0 Å². The molecule has 3 rings (SSSR count). The van der Waals surface area contributed by atoms with Gasteiger partial charge in [-0.15, -0.1) is 0 Å². The number of rotatable bonds is 7. The normalized spacial score (nSPS) is 16.3. The number of ether oxygens (including phenoxy) is 1. The zero-order valence-corrected chi connectivity index (χ0v) is 13.8. The van der Waals surface area contributed by atoms with E-state index in [9.17, 15) is 0 Å². The Morgan fingerprint density at radius 3 is 2.83 bits per heavy atom. The third-order valence-electron chi connectivity index (χ3n) is 4.26. The fraction of sp³-hybridized carbons (Fsp3) is 0.400. The first-order valence-electron chi connectivity index (χ1n) is 8.66. The van der Waals surface area contributed by atoms with Gasteiger partial charge in [-0.2, -0.15) is 0 Å². The molecule has 0 saturated carbocycles. The van der Waals surface area contributed by atoms with Crippen LogP contribution in [0.4, 0.5) is 5.69 Å². The highest BCUT2D eigenvalue weighted by Gasteiger charge is 2.20. The van der Waals surface area contributed by atoms with Crippen LogP contribution in [0.25, 0.3) is 0 Å². The summed E-state index contributed by atoms with van der Waals surface area (Å²) in [7, 11) is 0. The average Bonchev–Trinajstić information content (AvgIpc) is 2.62. The first-order valence-corrected chi connectivity index (χ1v) is 8.66. The van der Waals surface area contributed by atoms with Crippen LogP contribution in [0.5, 0.6) is 5.75 Å². The Bertz CT molecular complexity index is 612. The monoisotopic (exact) mass is 310 g/mol. The molecule has 0 aromatic heterocycles. The predicted octanol–water partition coefficient (Wildman–Crippen LogP) is 4.16. The second kappa shape index (κ2) is 8.02. The molecule has 2 aromatic carbocycles. The molecular weight excluding hydrogens is 284 g/mol. The number of unbranched alkanes of at least 4 members (excludes halogenated alkanes) is 1. The quantitative estimate of drug-likeness (QED) is 0.753. The van der Waals surface area contributed by atoms with E-state index in [1.165, 1.54) is 24.0 Å². The second-order valence-corrected chi connectivity index (χ2v) is 6.08. The lowest BCUT2D eigenvalue weighted by molar-refractivity contribution is 0.210. The van der Waals surface area contributed by atoms with Gasteiger partial charge in [0, 0.05) is 0 Å². The molecule has 1 heterocycles. The molecule has 1 aliphatic rings. The van der Waals surface area contributed by atoms with Crippen LogP contribution in [-0.4, -0.2) is 19.6 Å². The molecule has 122 valence electrons. The minimum absolute atomic E-state index is 0.0882. The van der Waals surface area contributed by atoms with Crippen LogP contribution in [0.2, 0.25) is 0 Å². The largest absolute Gasteiger partial charge is 0.482 e. The Labute approximate surface area is 139 Å². The summed E-state index contributed by atoms with van der Waals surface area (Å²) in [6.07, 6.45) is 3.64.